The van der Waals surface area contributed by atoms with Gasteiger partial charge in [0.15, 0.2) is 0 Å². The SMILES string of the molecule is CC(C)C(O)CNC(=O)C1=Cc2cc(Br)ccc2OC1. The summed E-state index contributed by atoms with van der Waals surface area (Å²) in [5.41, 5.74) is 1.44. The number of ether oxygens (including phenoxy) is 1. The van der Waals surface area contributed by atoms with Gasteiger partial charge in [-0.05, 0) is 30.2 Å². The Bertz CT molecular complexity index is 540. The second-order valence-electron chi connectivity index (χ2n) is 5.16. The van der Waals surface area contributed by atoms with Gasteiger partial charge in [-0.3, -0.25) is 4.79 Å². The van der Waals surface area contributed by atoms with Crippen LogP contribution in [-0.2, 0) is 4.79 Å². The molecule has 0 aliphatic carbocycles. The number of aliphatic hydroxyl groups excluding tert-OH is 1. The monoisotopic (exact) mass is 339 g/mol. The van der Waals surface area contributed by atoms with Crippen LogP contribution < -0.4 is 10.1 Å². The fraction of sp³-hybridized carbons (Fsp3) is 0.400. The molecule has 1 aliphatic rings. The molecule has 2 rings (SSSR count). The number of rotatable bonds is 4. The zero-order chi connectivity index (χ0) is 14.7. The first-order valence-electron chi connectivity index (χ1n) is 6.56. The predicted octanol–water partition coefficient (Wildman–Crippen LogP) is 2.36. The molecule has 1 atom stereocenters. The molecule has 1 aliphatic heterocycles. The van der Waals surface area contributed by atoms with Crippen LogP contribution in [0, 0.1) is 5.92 Å². The molecule has 1 unspecified atom stereocenters. The Kier molecular flexibility index (Phi) is 4.83. The molecule has 1 aromatic carbocycles. The van der Waals surface area contributed by atoms with E-state index in [1.54, 1.807) is 0 Å². The van der Waals surface area contributed by atoms with Crippen LogP contribution in [-0.4, -0.2) is 30.3 Å². The lowest BCUT2D eigenvalue weighted by molar-refractivity contribution is -0.118. The number of hydrogen-bond acceptors (Lipinski definition) is 3. The first kappa shape index (κ1) is 15.1. The molecule has 5 heteroatoms. The summed E-state index contributed by atoms with van der Waals surface area (Å²) in [6.45, 7) is 4.32. The number of carbonyl (C=O) groups is 1. The first-order valence-corrected chi connectivity index (χ1v) is 7.36. The maximum Gasteiger partial charge on any atom is 0.250 e. The number of carbonyl (C=O) groups excluding carboxylic acids is 1. The smallest absolute Gasteiger partial charge is 0.250 e. The zero-order valence-electron chi connectivity index (χ0n) is 11.5. The quantitative estimate of drug-likeness (QED) is 0.885. The van der Waals surface area contributed by atoms with Crippen molar-refractivity contribution in [1.29, 1.82) is 0 Å². The largest absolute Gasteiger partial charge is 0.488 e. The fourth-order valence-corrected chi connectivity index (χ4v) is 2.20. The minimum absolute atomic E-state index is 0.114. The molecule has 0 radical (unpaired) electrons. The number of amides is 1. The van der Waals surface area contributed by atoms with Gasteiger partial charge in [-0.1, -0.05) is 29.8 Å². The van der Waals surface area contributed by atoms with Gasteiger partial charge in [-0.25, -0.2) is 0 Å². The van der Waals surface area contributed by atoms with Crippen molar-refractivity contribution in [3.63, 3.8) is 0 Å². The van der Waals surface area contributed by atoms with Gasteiger partial charge in [-0.2, -0.15) is 0 Å². The normalized spacial score (nSPS) is 15.2. The summed E-state index contributed by atoms with van der Waals surface area (Å²) in [7, 11) is 0. The Labute approximate surface area is 127 Å². The number of nitrogens with one attached hydrogen (secondary N) is 1. The van der Waals surface area contributed by atoms with Gasteiger partial charge in [0.05, 0.1) is 11.7 Å². The number of fused-ring (bicyclic) bond motifs is 1. The topological polar surface area (TPSA) is 58.6 Å². The van der Waals surface area contributed by atoms with E-state index in [2.05, 4.69) is 21.2 Å². The van der Waals surface area contributed by atoms with Crippen molar-refractivity contribution in [3.05, 3.63) is 33.8 Å². The molecule has 4 nitrogen and oxygen atoms in total. The lowest BCUT2D eigenvalue weighted by atomic mass is 10.1. The van der Waals surface area contributed by atoms with Crippen LogP contribution in [0.4, 0.5) is 0 Å². The number of aliphatic hydroxyl groups is 1. The van der Waals surface area contributed by atoms with Gasteiger partial charge in [-0.15, -0.1) is 0 Å². The molecular formula is C15H18BrNO3. The molecular weight excluding hydrogens is 322 g/mol. The summed E-state index contributed by atoms with van der Waals surface area (Å²) >= 11 is 3.39. The summed E-state index contributed by atoms with van der Waals surface area (Å²) in [6.07, 6.45) is 1.28. The molecule has 108 valence electrons. The highest BCUT2D eigenvalue weighted by atomic mass is 79.9. The van der Waals surface area contributed by atoms with Crippen molar-refractivity contribution in [2.75, 3.05) is 13.2 Å². The van der Waals surface area contributed by atoms with E-state index in [-0.39, 0.29) is 25.0 Å². The average Bonchev–Trinajstić information content (AvgIpc) is 2.43. The van der Waals surface area contributed by atoms with E-state index < -0.39 is 6.10 Å². The summed E-state index contributed by atoms with van der Waals surface area (Å²) in [4.78, 5) is 12.0. The van der Waals surface area contributed by atoms with Crippen molar-refractivity contribution in [3.8, 4) is 5.75 Å². The summed E-state index contributed by atoms with van der Waals surface area (Å²) in [6, 6.07) is 5.68. The third-order valence-electron chi connectivity index (χ3n) is 3.22. The molecule has 1 aromatic rings. The Balaban J connectivity index is 2.05. The fourth-order valence-electron chi connectivity index (χ4n) is 1.83. The van der Waals surface area contributed by atoms with Crippen molar-refractivity contribution >= 4 is 27.9 Å². The van der Waals surface area contributed by atoms with E-state index in [9.17, 15) is 9.90 Å². The maximum atomic E-state index is 12.0. The van der Waals surface area contributed by atoms with Crippen LogP contribution in [0.1, 0.15) is 19.4 Å². The van der Waals surface area contributed by atoms with Crippen molar-refractivity contribution in [2.24, 2.45) is 5.92 Å². The molecule has 0 saturated heterocycles. The first-order chi connectivity index (χ1) is 9.47. The standard InChI is InChI=1S/C15H18BrNO3/c1-9(2)13(18)7-17-15(19)11-5-10-6-12(16)3-4-14(10)20-8-11/h3-6,9,13,18H,7-8H2,1-2H3,(H,17,19). The number of hydrogen-bond donors (Lipinski definition) is 2. The third-order valence-corrected chi connectivity index (χ3v) is 3.71. The van der Waals surface area contributed by atoms with Crippen LogP contribution in [0.15, 0.2) is 28.2 Å². The molecule has 20 heavy (non-hydrogen) atoms. The van der Waals surface area contributed by atoms with E-state index in [4.69, 9.17) is 4.74 Å². The van der Waals surface area contributed by atoms with Crippen LogP contribution in [0.3, 0.4) is 0 Å². The highest BCUT2D eigenvalue weighted by Crippen LogP contribution is 2.29. The maximum absolute atomic E-state index is 12.0. The van der Waals surface area contributed by atoms with E-state index >= 15 is 0 Å². The van der Waals surface area contributed by atoms with Crippen molar-refractivity contribution in [2.45, 2.75) is 20.0 Å². The highest BCUT2D eigenvalue weighted by Gasteiger charge is 2.18. The second kappa shape index (κ2) is 6.41. The molecule has 2 N–H and O–H groups in total. The summed E-state index contributed by atoms with van der Waals surface area (Å²) in [5.74, 6) is 0.686. The van der Waals surface area contributed by atoms with Gasteiger partial charge in [0.1, 0.15) is 12.4 Å². The average molecular weight is 340 g/mol. The van der Waals surface area contributed by atoms with Crippen LogP contribution >= 0.6 is 15.9 Å². The lowest BCUT2D eigenvalue weighted by Crippen LogP contribution is -2.36. The minimum atomic E-state index is -0.537. The summed E-state index contributed by atoms with van der Waals surface area (Å²) < 4.78 is 6.49. The number of halogens is 1. The Morgan fingerprint density at radius 1 is 1.50 bits per heavy atom. The molecule has 1 heterocycles. The minimum Gasteiger partial charge on any atom is -0.488 e. The highest BCUT2D eigenvalue weighted by molar-refractivity contribution is 9.10. The number of benzene rings is 1. The summed E-state index contributed by atoms with van der Waals surface area (Å²) in [5, 5.41) is 12.4. The van der Waals surface area contributed by atoms with E-state index in [0.717, 1.165) is 15.8 Å². The Hall–Kier alpha value is -1.33. The third kappa shape index (κ3) is 3.61. The van der Waals surface area contributed by atoms with Crippen molar-refractivity contribution in [1.82, 2.24) is 5.32 Å². The van der Waals surface area contributed by atoms with Gasteiger partial charge in [0, 0.05) is 16.6 Å². The zero-order valence-corrected chi connectivity index (χ0v) is 13.1. The Morgan fingerprint density at radius 3 is 2.95 bits per heavy atom. The molecule has 1 amide bonds. The van der Waals surface area contributed by atoms with E-state index in [1.807, 2.05) is 38.1 Å². The molecule has 0 bridgehead atoms. The van der Waals surface area contributed by atoms with Gasteiger partial charge in [0.25, 0.3) is 5.91 Å². The molecule has 0 fully saturated rings. The van der Waals surface area contributed by atoms with Gasteiger partial charge >= 0.3 is 0 Å². The second-order valence-corrected chi connectivity index (χ2v) is 6.08. The van der Waals surface area contributed by atoms with Gasteiger partial charge in [0.2, 0.25) is 0 Å². The van der Waals surface area contributed by atoms with E-state index in [1.165, 1.54) is 0 Å². The van der Waals surface area contributed by atoms with Crippen LogP contribution in [0.25, 0.3) is 6.08 Å². The van der Waals surface area contributed by atoms with Crippen LogP contribution in [0.5, 0.6) is 5.75 Å². The predicted molar refractivity (Wildman–Crippen MR) is 81.5 cm³/mol. The Morgan fingerprint density at radius 2 is 2.25 bits per heavy atom. The molecule has 0 saturated carbocycles. The van der Waals surface area contributed by atoms with Crippen molar-refractivity contribution < 1.29 is 14.6 Å². The molecule has 0 aromatic heterocycles. The lowest BCUT2D eigenvalue weighted by Gasteiger charge is -2.19. The van der Waals surface area contributed by atoms with Gasteiger partial charge < -0.3 is 15.2 Å². The molecule has 0 spiro atoms. The van der Waals surface area contributed by atoms with Crippen LogP contribution in [0.2, 0.25) is 0 Å². The van der Waals surface area contributed by atoms with E-state index in [0.29, 0.717) is 5.57 Å².